The van der Waals surface area contributed by atoms with Crippen LogP contribution in [0.4, 0.5) is 0 Å². The minimum atomic E-state index is -0.185. The molecule has 0 N–H and O–H groups in total. The summed E-state index contributed by atoms with van der Waals surface area (Å²) in [6.07, 6.45) is 0. The first-order valence-electron chi connectivity index (χ1n) is 5.65. The molecule has 100 valence electrons. The summed E-state index contributed by atoms with van der Waals surface area (Å²) in [6.45, 7) is 1.78. The number of halogens is 1. The van der Waals surface area contributed by atoms with Gasteiger partial charge in [-0.2, -0.15) is 0 Å². The van der Waals surface area contributed by atoms with Crippen molar-refractivity contribution in [3.63, 3.8) is 0 Å². The van der Waals surface area contributed by atoms with Crippen LogP contribution in [0.1, 0.15) is 16.2 Å². The van der Waals surface area contributed by atoms with Crippen LogP contribution in [0.25, 0.3) is 0 Å². The smallest absolute Gasteiger partial charge is 0.276 e. The van der Waals surface area contributed by atoms with E-state index in [9.17, 15) is 4.79 Å². The second kappa shape index (κ2) is 6.17. The van der Waals surface area contributed by atoms with Crippen molar-refractivity contribution in [2.24, 2.45) is 0 Å². The van der Waals surface area contributed by atoms with Gasteiger partial charge in [-0.05, 0) is 0 Å². The molecular weight excluding hydrogens is 260 g/mol. The molecule has 18 heavy (non-hydrogen) atoms. The van der Waals surface area contributed by atoms with Gasteiger partial charge in [-0.15, -0.1) is 11.6 Å². The van der Waals surface area contributed by atoms with Crippen molar-refractivity contribution < 1.29 is 18.8 Å². The molecule has 0 aromatic carbocycles. The molecule has 0 radical (unpaired) electrons. The van der Waals surface area contributed by atoms with E-state index in [1.54, 1.807) is 18.1 Å². The van der Waals surface area contributed by atoms with E-state index in [4.69, 9.17) is 25.6 Å². The molecule has 1 aliphatic heterocycles. The maximum atomic E-state index is 12.2. The maximum Gasteiger partial charge on any atom is 0.276 e. The molecule has 0 aliphatic carbocycles. The second-order valence-corrected chi connectivity index (χ2v) is 4.30. The lowest BCUT2D eigenvalue weighted by Gasteiger charge is -2.33. The lowest BCUT2D eigenvalue weighted by Crippen LogP contribution is -2.49. The Bertz CT molecular complexity index is 410. The molecule has 1 atom stereocenters. The van der Waals surface area contributed by atoms with Crippen LogP contribution >= 0.6 is 11.6 Å². The molecule has 1 aromatic heterocycles. The fourth-order valence-corrected chi connectivity index (χ4v) is 2.08. The molecule has 1 amide bonds. The highest BCUT2D eigenvalue weighted by atomic mass is 35.5. The van der Waals surface area contributed by atoms with Crippen molar-refractivity contribution in [1.82, 2.24) is 10.1 Å². The first-order valence-corrected chi connectivity index (χ1v) is 6.19. The number of ether oxygens (including phenoxy) is 2. The quantitative estimate of drug-likeness (QED) is 0.764. The monoisotopic (exact) mass is 274 g/mol. The zero-order chi connectivity index (χ0) is 13.0. The number of aromatic nitrogens is 1. The van der Waals surface area contributed by atoms with Gasteiger partial charge in [0.15, 0.2) is 11.5 Å². The Morgan fingerprint density at radius 3 is 3.28 bits per heavy atom. The first kappa shape index (κ1) is 13.3. The highest BCUT2D eigenvalue weighted by molar-refractivity contribution is 6.18. The third-order valence-electron chi connectivity index (χ3n) is 2.73. The highest BCUT2D eigenvalue weighted by Gasteiger charge is 2.29. The van der Waals surface area contributed by atoms with Gasteiger partial charge in [0.05, 0.1) is 19.3 Å². The van der Waals surface area contributed by atoms with Crippen molar-refractivity contribution in [2.45, 2.75) is 12.6 Å². The molecule has 1 aliphatic rings. The van der Waals surface area contributed by atoms with Crippen molar-refractivity contribution >= 4 is 17.5 Å². The van der Waals surface area contributed by atoms with Crippen LogP contribution in [0.5, 0.6) is 0 Å². The summed E-state index contributed by atoms with van der Waals surface area (Å²) in [4.78, 5) is 13.9. The second-order valence-electron chi connectivity index (χ2n) is 3.99. The summed E-state index contributed by atoms with van der Waals surface area (Å²) < 4.78 is 15.2. The number of rotatable bonds is 4. The van der Waals surface area contributed by atoms with E-state index in [1.807, 2.05) is 0 Å². The zero-order valence-corrected chi connectivity index (χ0v) is 10.9. The van der Waals surface area contributed by atoms with Crippen LogP contribution in [0.2, 0.25) is 0 Å². The van der Waals surface area contributed by atoms with Crippen LogP contribution in [-0.4, -0.2) is 54.8 Å². The minimum Gasteiger partial charge on any atom is -0.377 e. The summed E-state index contributed by atoms with van der Waals surface area (Å²) in [5, 5.41) is 3.75. The van der Waals surface area contributed by atoms with Gasteiger partial charge in [0.25, 0.3) is 5.91 Å². The Balaban J connectivity index is 2.08. The topological polar surface area (TPSA) is 64.8 Å². The number of nitrogens with zero attached hydrogens (tertiary/aromatic N) is 2. The summed E-state index contributed by atoms with van der Waals surface area (Å²) in [5.41, 5.74) is 0.277. The standard InChI is InChI=1S/C11H15ClN2O4/c1-16-7-9-4-10(13-18-9)11(15)14-2-3-17-6-8(14)5-12/h4,8H,2-3,5-7H2,1H3. The number of carbonyl (C=O) groups excluding carboxylic acids is 1. The largest absolute Gasteiger partial charge is 0.377 e. The van der Waals surface area contributed by atoms with Gasteiger partial charge in [0, 0.05) is 25.6 Å². The summed E-state index contributed by atoms with van der Waals surface area (Å²) in [7, 11) is 1.55. The molecule has 1 fully saturated rings. The summed E-state index contributed by atoms with van der Waals surface area (Å²) in [6, 6.07) is 1.47. The molecule has 2 rings (SSSR count). The third kappa shape index (κ3) is 2.82. The van der Waals surface area contributed by atoms with Crippen LogP contribution in [0, 0.1) is 0 Å². The lowest BCUT2D eigenvalue weighted by molar-refractivity contribution is 0.00402. The van der Waals surface area contributed by atoms with E-state index in [1.165, 1.54) is 0 Å². The average Bonchev–Trinajstić information content (AvgIpc) is 2.87. The Hall–Kier alpha value is -1.11. The predicted octanol–water partition coefficient (Wildman–Crippen LogP) is 0.901. The van der Waals surface area contributed by atoms with Crippen LogP contribution in [0.3, 0.4) is 0 Å². The molecule has 7 heteroatoms. The number of hydrogen-bond donors (Lipinski definition) is 0. The summed E-state index contributed by atoms with van der Waals surface area (Å²) in [5.74, 6) is 0.681. The van der Waals surface area contributed by atoms with Crippen LogP contribution in [0.15, 0.2) is 10.6 Å². The third-order valence-corrected chi connectivity index (χ3v) is 3.09. The van der Waals surface area contributed by atoms with E-state index in [-0.39, 0.29) is 17.6 Å². The highest BCUT2D eigenvalue weighted by Crippen LogP contribution is 2.14. The molecular formula is C11H15ClN2O4. The van der Waals surface area contributed by atoms with E-state index in [0.29, 0.717) is 38.0 Å². The van der Waals surface area contributed by atoms with Crippen LogP contribution < -0.4 is 0 Å². The number of amides is 1. The van der Waals surface area contributed by atoms with Gasteiger partial charge >= 0.3 is 0 Å². The average molecular weight is 275 g/mol. The van der Waals surface area contributed by atoms with Crippen molar-refractivity contribution in [3.8, 4) is 0 Å². The lowest BCUT2D eigenvalue weighted by atomic mass is 10.2. The van der Waals surface area contributed by atoms with Gasteiger partial charge < -0.3 is 18.9 Å². The normalized spacial score (nSPS) is 20.1. The molecule has 0 spiro atoms. The maximum absolute atomic E-state index is 12.2. The number of morpholine rings is 1. The van der Waals surface area contributed by atoms with Crippen molar-refractivity contribution in [2.75, 3.05) is 32.7 Å². The van der Waals surface area contributed by atoms with Gasteiger partial charge in [-0.25, -0.2) is 0 Å². The van der Waals surface area contributed by atoms with Crippen molar-refractivity contribution in [1.29, 1.82) is 0 Å². The fraction of sp³-hybridized carbons (Fsp3) is 0.636. The van der Waals surface area contributed by atoms with Gasteiger partial charge in [-0.3, -0.25) is 4.79 Å². The fourth-order valence-electron chi connectivity index (χ4n) is 1.82. The van der Waals surface area contributed by atoms with Gasteiger partial charge in [-0.1, -0.05) is 5.16 Å². The van der Waals surface area contributed by atoms with E-state index in [2.05, 4.69) is 5.16 Å². The Morgan fingerprint density at radius 2 is 2.56 bits per heavy atom. The van der Waals surface area contributed by atoms with Crippen molar-refractivity contribution in [3.05, 3.63) is 17.5 Å². The van der Waals surface area contributed by atoms with E-state index < -0.39 is 0 Å². The number of methoxy groups -OCH3 is 1. The molecule has 1 unspecified atom stereocenters. The molecule has 0 bridgehead atoms. The SMILES string of the molecule is COCc1cc(C(=O)N2CCOCC2CCl)no1. The van der Waals surface area contributed by atoms with E-state index in [0.717, 1.165) is 0 Å². The summed E-state index contributed by atoms with van der Waals surface area (Å²) >= 11 is 5.82. The molecule has 1 aromatic rings. The first-order chi connectivity index (χ1) is 8.76. The van der Waals surface area contributed by atoms with E-state index >= 15 is 0 Å². The number of alkyl halides is 1. The Labute approximate surface area is 110 Å². The Morgan fingerprint density at radius 1 is 1.72 bits per heavy atom. The molecule has 6 nitrogen and oxygen atoms in total. The van der Waals surface area contributed by atoms with Crippen LogP contribution in [-0.2, 0) is 16.1 Å². The predicted molar refractivity (Wildman–Crippen MR) is 63.6 cm³/mol. The minimum absolute atomic E-state index is 0.115. The zero-order valence-electron chi connectivity index (χ0n) is 10.1. The number of carbonyl (C=O) groups is 1. The van der Waals surface area contributed by atoms with Gasteiger partial charge in [0.2, 0.25) is 0 Å². The number of hydrogen-bond acceptors (Lipinski definition) is 5. The molecule has 1 saturated heterocycles. The molecule has 2 heterocycles. The Kier molecular flexibility index (Phi) is 4.57. The van der Waals surface area contributed by atoms with Gasteiger partial charge in [0.1, 0.15) is 6.61 Å². The molecule has 0 saturated carbocycles.